The van der Waals surface area contributed by atoms with Gasteiger partial charge in [-0.3, -0.25) is 4.84 Å². The molecular weight excluding hydrogens is 338 g/mol. The van der Waals surface area contributed by atoms with E-state index in [1.165, 1.54) is 6.07 Å². The first-order valence-electron chi connectivity index (χ1n) is 7.43. The van der Waals surface area contributed by atoms with Gasteiger partial charge in [0.2, 0.25) is 10.0 Å². The number of sulfonamides is 1. The molecule has 7 nitrogen and oxygen atoms in total. The van der Waals surface area contributed by atoms with Crippen molar-refractivity contribution in [2.45, 2.75) is 31.1 Å². The fraction of sp³-hybridized carbons (Fsp3) is 0.500. The number of benzene rings is 1. The molecule has 0 bridgehead atoms. The Bertz CT molecular complexity index is 686. The molecule has 128 valence electrons. The highest BCUT2D eigenvalue weighted by molar-refractivity contribution is 7.89. The number of hydrogen-bond acceptors (Lipinski definition) is 6. The molecule has 4 N–H and O–H groups in total. The van der Waals surface area contributed by atoms with Crippen molar-refractivity contribution >= 4 is 32.9 Å². The monoisotopic (exact) mass is 359 g/mol. The summed E-state index contributed by atoms with van der Waals surface area (Å²) < 4.78 is 23.5. The minimum absolute atomic E-state index is 0.293. The maximum absolute atomic E-state index is 11.7. The molecule has 1 aliphatic heterocycles. The van der Waals surface area contributed by atoms with Gasteiger partial charge in [0.15, 0.2) is 5.75 Å². The zero-order valence-corrected chi connectivity index (χ0v) is 14.5. The molecule has 0 atom stereocenters. The lowest BCUT2D eigenvalue weighted by Gasteiger charge is -2.19. The van der Waals surface area contributed by atoms with Crippen molar-refractivity contribution in [2.24, 2.45) is 5.14 Å². The van der Waals surface area contributed by atoms with Gasteiger partial charge in [0, 0.05) is 18.7 Å². The molecule has 0 spiro atoms. The van der Waals surface area contributed by atoms with E-state index < -0.39 is 15.8 Å². The van der Waals surface area contributed by atoms with Gasteiger partial charge in [0.1, 0.15) is 9.88 Å². The average Bonchev–Trinajstić information content (AvgIpc) is 3.01. The van der Waals surface area contributed by atoms with Crippen molar-refractivity contribution in [2.75, 3.05) is 25.0 Å². The molecule has 0 amide bonds. The molecule has 1 aliphatic rings. The van der Waals surface area contributed by atoms with Crippen LogP contribution < -0.4 is 10.5 Å². The molecule has 9 heteroatoms. The maximum atomic E-state index is 11.7. The number of nitrogens with one attached hydrogen (secondary N) is 1. The minimum atomic E-state index is -4.08. The lowest BCUT2D eigenvalue weighted by molar-refractivity contribution is -0.0408. The first-order valence-corrected chi connectivity index (χ1v) is 9.38. The molecule has 1 aromatic carbocycles. The Morgan fingerprint density at radius 3 is 2.83 bits per heavy atom. The van der Waals surface area contributed by atoms with Crippen LogP contribution in [0.15, 0.2) is 17.0 Å². The first kappa shape index (κ1) is 17.9. The van der Waals surface area contributed by atoms with Gasteiger partial charge >= 0.3 is 0 Å². The van der Waals surface area contributed by atoms with Crippen LogP contribution in [0.5, 0.6) is 5.75 Å². The molecule has 0 aliphatic carbocycles. The predicted molar refractivity (Wildman–Crippen MR) is 91.9 cm³/mol. The highest BCUT2D eigenvalue weighted by Crippen LogP contribution is 2.33. The molecule has 1 saturated heterocycles. The van der Waals surface area contributed by atoms with Gasteiger partial charge in [-0.15, -0.1) is 0 Å². The van der Waals surface area contributed by atoms with E-state index in [-0.39, 0.29) is 4.90 Å². The van der Waals surface area contributed by atoms with Gasteiger partial charge in [-0.25, -0.2) is 18.6 Å². The van der Waals surface area contributed by atoms with Gasteiger partial charge in [0.25, 0.3) is 0 Å². The molecule has 23 heavy (non-hydrogen) atoms. The van der Waals surface area contributed by atoms with E-state index in [1.807, 2.05) is 6.92 Å². The lowest BCUT2D eigenvalue weighted by Crippen LogP contribution is -2.26. The van der Waals surface area contributed by atoms with Crippen LogP contribution in [-0.2, 0) is 14.9 Å². The third-order valence-electron chi connectivity index (χ3n) is 3.45. The number of thiocarbonyl (C=S) groups is 1. The highest BCUT2D eigenvalue weighted by Gasteiger charge is 2.23. The van der Waals surface area contributed by atoms with Crippen LogP contribution in [0.1, 0.15) is 31.7 Å². The SMILES string of the molecule is CCCCNc1cc(C(=S)N2CCCO2)cc(S(N)(=O)=O)c1O. The standard InChI is InChI=1S/C14H21N3O4S2/c1-2-3-5-16-11-8-10(14(22)17-6-4-7-21-17)9-12(13(11)18)23(15,19)20/h8-9,16,18H,2-7H2,1H3,(H2,15,19,20). The number of nitrogens with zero attached hydrogens (tertiary/aromatic N) is 1. The number of anilines is 1. The molecule has 0 radical (unpaired) electrons. The Morgan fingerprint density at radius 1 is 1.52 bits per heavy atom. The van der Waals surface area contributed by atoms with E-state index in [9.17, 15) is 13.5 Å². The Hall–Kier alpha value is -1.42. The van der Waals surface area contributed by atoms with Crippen LogP contribution >= 0.6 is 12.2 Å². The predicted octanol–water partition coefficient (Wildman–Crippen LogP) is 1.56. The molecular formula is C14H21N3O4S2. The van der Waals surface area contributed by atoms with E-state index in [0.29, 0.717) is 35.9 Å². The summed E-state index contributed by atoms with van der Waals surface area (Å²) in [5.74, 6) is -0.391. The lowest BCUT2D eigenvalue weighted by atomic mass is 10.1. The maximum Gasteiger partial charge on any atom is 0.241 e. The summed E-state index contributed by atoms with van der Waals surface area (Å²) in [5, 5.41) is 20.0. The quantitative estimate of drug-likeness (QED) is 0.402. The van der Waals surface area contributed by atoms with E-state index in [1.54, 1.807) is 11.1 Å². The van der Waals surface area contributed by atoms with Crippen LogP contribution in [0, 0.1) is 0 Å². The topological polar surface area (TPSA) is 105 Å². The number of hydrogen-bond donors (Lipinski definition) is 3. The van der Waals surface area contributed by atoms with Crippen molar-refractivity contribution in [1.29, 1.82) is 0 Å². The van der Waals surface area contributed by atoms with Crippen molar-refractivity contribution in [1.82, 2.24) is 5.06 Å². The van der Waals surface area contributed by atoms with Gasteiger partial charge in [-0.05, 0) is 25.0 Å². The van der Waals surface area contributed by atoms with E-state index >= 15 is 0 Å². The summed E-state index contributed by atoms with van der Waals surface area (Å²) in [6.45, 7) is 3.85. The number of primary sulfonamides is 1. The third-order valence-corrected chi connectivity index (χ3v) is 4.82. The first-order chi connectivity index (χ1) is 10.8. The number of nitrogens with two attached hydrogens (primary N) is 1. The fourth-order valence-electron chi connectivity index (χ4n) is 2.23. The van der Waals surface area contributed by atoms with Crippen molar-refractivity contribution < 1.29 is 18.4 Å². The fourth-order valence-corrected chi connectivity index (χ4v) is 3.17. The summed E-state index contributed by atoms with van der Waals surface area (Å²) >= 11 is 5.36. The summed E-state index contributed by atoms with van der Waals surface area (Å²) in [6.07, 6.45) is 2.70. The zero-order chi connectivity index (χ0) is 17.0. The number of hydroxylamine groups is 2. The molecule has 1 heterocycles. The van der Waals surface area contributed by atoms with Crippen LogP contribution in [0.2, 0.25) is 0 Å². The van der Waals surface area contributed by atoms with Gasteiger partial charge in [-0.1, -0.05) is 25.6 Å². The minimum Gasteiger partial charge on any atom is -0.504 e. The molecule has 0 aromatic heterocycles. The Balaban J connectivity index is 2.41. The number of rotatable bonds is 6. The van der Waals surface area contributed by atoms with E-state index in [4.69, 9.17) is 22.2 Å². The smallest absolute Gasteiger partial charge is 0.241 e. The largest absolute Gasteiger partial charge is 0.504 e. The van der Waals surface area contributed by atoms with Crippen LogP contribution in [-0.4, -0.2) is 43.3 Å². The second-order valence-electron chi connectivity index (χ2n) is 5.29. The van der Waals surface area contributed by atoms with Crippen molar-refractivity contribution in [3.63, 3.8) is 0 Å². The average molecular weight is 359 g/mol. The number of aromatic hydroxyl groups is 1. The van der Waals surface area contributed by atoms with E-state index in [0.717, 1.165) is 19.3 Å². The Morgan fingerprint density at radius 2 is 2.26 bits per heavy atom. The normalized spacial score (nSPS) is 15.0. The molecule has 0 unspecified atom stereocenters. The van der Waals surface area contributed by atoms with Crippen LogP contribution in [0.3, 0.4) is 0 Å². The number of unbranched alkanes of at least 4 members (excludes halogenated alkanes) is 1. The Kier molecular flexibility index (Phi) is 5.79. The van der Waals surface area contributed by atoms with Gasteiger partial charge in [0.05, 0.1) is 12.3 Å². The highest BCUT2D eigenvalue weighted by atomic mass is 32.2. The second kappa shape index (κ2) is 7.43. The summed E-state index contributed by atoms with van der Waals surface area (Å²) in [7, 11) is -4.08. The van der Waals surface area contributed by atoms with Crippen LogP contribution in [0.4, 0.5) is 5.69 Å². The Labute approximate surface area is 141 Å². The van der Waals surface area contributed by atoms with Gasteiger partial charge in [-0.2, -0.15) is 0 Å². The van der Waals surface area contributed by atoms with Crippen molar-refractivity contribution in [3.8, 4) is 5.75 Å². The molecule has 1 fully saturated rings. The third kappa shape index (κ3) is 4.31. The molecule has 0 saturated carbocycles. The molecule has 1 aromatic rings. The summed E-state index contributed by atoms with van der Waals surface area (Å²) in [5.41, 5.74) is 0.754. The summed E-state index contributed by atoms with van der Waals surface area (Å²) in [6, 6.07) is 2.89. The van der Waals surface area contributed by atoms with Gasteiger partial charge < -0.3 is 10.4 Å². The van der Waals surface area contributed by atoms with E-state index in [2.05, 4.69) is 5.32 Å². The number of phenols is 1. The molecule has 2 rings (SSSR count). The van der Waals surface area contributed by atoms with Crippen LogP contribution in [0.25, 0.3) is 0 Å². The number of phenolic OH excluding ortho intramolecular Hbond substituents is 1. The zero-order valence-electron chi connectivity index (χ0n) is 12.9. The van der Waals surface area contributed by atoms with Crippen molar-refractivity contribution in [3.05, 3.63) is 17.7 Å². The second-order valence-corrected chi connectivity index (χ2v) is 7.21. The summed E-state index contributed by atoms with van der Waals surface area (Å²) in [4.78, 5) is 5.41.